The first-order chi connectivity index (χ1) is 16.7. The van der Waals surface area contributed by atoms with Crippen LogP contribution in [0.4, 0.5) is 17.1 Å². The molecule has 0 aromatic heterocycles. The first-order valence-corrected chi connectivity index (χ1v) is 11.6. The number of benzene rings is 2. The van der Waals surface area contributed by atoms with Crippen LogP contribution in [0.3, 0.4) is 0 Å². The van der Waals surface area contributed by atoms with E-state index >= 15 is 0 Å². The smallest absolute Gasteiger partial charge is 0.273 e. The fraction of sp³-hybridized carbons (Fsp3) is 0.400. The number of amides is 3. The fourth-order valence-electron chi connectivity index (χ4n) is 6.72. The van der Waals surface area contributed by atoms with Gasteiger partial charge in [-0.1, -0.05) is 12.1 Å². The van der Waals surface area contributed by atoms with Crippen LogP contribution in [0.25, 0.3) is 0 Å². The van der Waals surface area contributed by atoms with Gasteiger partial charge >= 0.3 is 0 Å². The van der Waals surface area contributed by atoms with Gasteiger partial charge in [-0.25, -0.2) is 4.90 Å². The van der Waals surface area contributed by atoms with Crippen molar-refractivity contribution in [3.8, 4) is 5.75 Å². The van der Waals surface area contributed by atoms with E-state index in [-0.39, 0.29) is 29.1 Å². The van der Waals surface area contributed by atoms with Crippen LogP contribution < -0.4 is 15.0 Å². The number of anilines is 2. The van der Waals surface area contributed by atoms with Gasteiger partial charge in [0.05, 0.1) is 35.6 Å². The van der Waals surface area contributed by atoms with Gasteiger partial charge in [0.2, 0.25) is 17.7 Å². The van der Waals surface area contributed by atoms with Gasteiger partial charge in [-0.05, 0) is 50.4 Å². The Labute approximate surface area is 201 Å². The molecule has 0 aliphatic carbocycles. The van der Waals surface area contributed by atoms with Crippen molar-refractivity contribution in [2.45, 2.75) is 38.3 Å². The number of carbonyl (C=O) groups is 3. The number of nitrogens with one attached hydrogen (secondary N) is 1. The Kier molecular flexibility index (Phi) is 4.41. The van der Waals surface area contributed by atoms with Crippen LogP contribution in [-0.4, -0.2) is 47.2 Å². The summed E-state index contributed by atoms with van der Waals surface area (Å²) in [6.07, 6.45) is 1.53. The number of fused-ring (bicyclic) bond motifs is 7. The predicted octanol–water partition coefficient (Wildman–Crippen LogP) is 2.65. The molecule has 3 saturated heterocycles. The number of imide groups is 1. The Morgan fingerprint density at radius 1 is 1.14 bits per heavy atom. The number of hydrogen-bond donors (Lipinski definition) is 1. The summed E-state index contributed by atoms with van der Waals surface area (Å²) in [6, 6.07) is 7.42. The minimum absolute atomic E-state index is 0.0564. The van der Waals surface area contributed by atoms with E-state index in [1.165, 1.54) is 25.3 Å². The molecular formula is C25H24N4O6. The summed E-state index contributed by atoms with van der Waals surface area (Å²) in [7, 11) is 1.33. The third-order valence-corrected chi connectivity index (χ3v) is 8.31. The highest BCUT2D eigenvalue weighted by Gasteiger charge is 2.74. The van der Waals surface area contributed by atoms with Gasteiger partial charge < -0.3 is 10.1 Å². The third kappa shape index (κ3) is 2.49. The van der Waals surface area contributed by atoms with Crippen molar-refractivity contribution in [3.63, 3.8) is 0 Å². The van der Waals surface area contributed by atoms with Gasteiger partial charge in [0.25, 0.3) is 5.69 Å². The van der Waals surface area contributed by atoms with Crippen molar-refractivity contribution in [1.82, 2.24) is 4.90 Å². The van der Waals surface area contributed by atoms with E-state index < -0.39 is 34.1 Å². The molecule has 1 N–H and O–H groups in total. The molecule has 2 aromatic rings. The predicted molar refractivity (Wildman–Crippen MR) is 125 cm³/mol. The molecule has 6 rings (SSSR count). The number of aryl methyl sites for hydroxylation is 1. The maximum atomic E-state index is 14.1. The molecule has 35 heavy (non-hydrogen) atoms. The van der Waals surface area contributed by atoms with Gasteiger partial charge in [0.1, 0.15) is 11.3 Å². The van der Waals surface area contributed by atoms with Crippen molar-refractivity contribution < 1.29 is 24.0 Å². The minimum Gasteiger partial charge on any atom is -0.494 e. The van der Waals surface area contributed by atoms with Crippen molar-refractivity contribution in [3.05, 3.63) is 57.1 Å². The topological polar surface area (TPSA) is 122 Å². The van der Waals surface area contributed by atoms with Gasteiger partial charge in [-0.3, -0.25) is 29.4 Å². The molecule has 10 heteroatoms. The quantitative estimate of drug-likeness (QED) is 0.411. The largest absolute Gasteiger partial charge is 0.494 e. The summed E-state index contributed by atoms with van der Waals surface area (Å²) in [5.74, 6) is -2.69. The summed E-state index contributed by atoms with van der Waals surface area (Å²) in [4.78, 5) is 55.6. The summed E-state index contributed by atoms with van der Waals surface area (Å²) in [5, 5.41) is 14.3. The maximum absolute atomic E-state index is 14.1. The van der Waals surface area contributed by atoms with Crippen LogP contribution in [0.5, 0.6) is 5.75 Å². The van der Waals surface area contributed by atoms with E-state index in [0.29, 0.717) is 18.7 Å². The monoisotopic (exact) mass is 476 g/mol. The zero-order valence-electron chi connectivity index (χ0n) is 19.5. The lowest BCUT2D eigenvalue weighted by atomic mass is 9.75. The summed E-state index contributed by atoms with van der Waals surface area (Å²) < 4.78 is 5.34. The van der Waals surface area contributed by atoms with E-state index in [1.807, 2.05) is 26.0 Å². The lowest BCUT2D eigenvalue weighted by Crippen LogP contribution is -2.54. The molecule has 3 fully saturated rings. The normalized spacial score (nSPS) is 28.9. The van der Waals surface area contributed by atoms with Crippen molar-refractivity contribution in [1.29, 1.82) is 0 Å². The number of nitro benzene ring substituents is 1. The number of ether oxygens (including phenoxy) is 1. The Morgan fingerprint density at radius 3 is 2.63 bits per heavy atom. The molecule has 0 radical (unpaired) electrons. The highest BCUT2D eigenvalue weighted by atomic mass is 16.6. The van der Waals surface area contributed by atoms with Gasteiger partial charge in [0.15, 0.2) is 0 Å². The second kappa shape index (κ2) is 7.11. The van der Waals surface area contributed by atoms with Crippen LogP contribution in [0.1, 0.15) is 29.5 Å². The second-order valence-corrected chi connectivity index (χ2v) is 9.68. The van der Waals surface area contributed by atoms with Crippen molar-refractivity contribution in [2.75, 3.05) is 23.9 Å². The first-order valence-electron chi connectivity index (χ1n) is 11.6. The lowest BCUT2D eigenvalue weighted by molar-refractivity contribution is -0.384. The molecule has 0 bridgehead atoms. The number of hydrogen-bond acceptors (Lipinski definition) is 7. The molecular weight excluding hydrogens is 452 g/mol. The number of non-ortho nitro benzene ring substituents is 1. The molecule has 180 valence electrons. The summed E-state index contributed by atoms with van der Waals surface area (Å²) >= 11 is 0. The molecule has 3 amide bonds. The van der Waals surface area contributed by atoms with Crippen LogP contribution in [-0.2, 0) is 19.9 Å². The number of nitrogens with zero attached hydrogens (tertiary/aromatic N) is 3. The van der Waals surface area contributed by atoms with E-state index in [0.717, 1.165) is 28.0 Å². The van der Waals surface area contributed by atoms with Crippen molar-refractivity contribution in [2.24, 2.45) is 11.8 Å². The molecule has 4 atom stereocenters. The van der Waals surface area contributed by atoms with E-state index in [9.17, 15) is 24.5 Å². The summed E-state index contributed by atoms with van der Waals surface area (Å²) in [6.45, 7) is 4.53. The highest BCUT2D eigenvalue weighted by Crippen LogP contribution is 2.61. The number of methoxy groups -OCH3 is 1. The van der Waals surface area contributed by atoms with Crippen molar-refractivity contribution >= 4 is 34.8 Å². The molecule has 10 nitrogen and oxygen atoms in total. The standard InChI is InChI=1S/C25H24N4O6/c1-12-6-8-15-21(13(12)2)26-24(32)25(15)20-19(17-5-4-10-27(17)25)22(30)28(23(20)31)16-9-7-14(29(33)34)11-18(16)35-3/h6-9,11,17,19-20H,4-5,10H2,1-3H3,(H,26,32)/t17-,19+,20-,25+/m0/s1. The molecule has 4 aliphatic rings. The molecule has 1 spiro atoms. The maximum Gasteiger partial charge on any atom is 0.273 e. The number of rotatable bonds is 3. The lowest BCUT2D eigenvalue weighted by Gasteiger charge is -2.36. The summed E-state index contributed by atoms with van der Waals surface area (Å²) in [5.41, 5.74) is 2.10. The average Bonchev–Trinajstić information content (AvgIpc) is 3.54. The Bertz CT molecular complexity index is 1360. The number of nitro groups is 1. The fourth-order valence-corrected chi connectivity index (χ4v) is 6.72. The van der Waals surface area contributed by atoms with E-state index in [4.69, 9.17) is 4.74 Å². The molecule has 0 unspecified atom stereocenters. The zero-order chi connectivity index (χ0) is 24.8. The van der Waals surface area contributed by atoms with E-state index in [1.54, 1.807) is 0 Å². The second-order valence-electron chi connectivity index (χ2n) is 9.68. The molecule has 2 aromatic carbocycles. The first kappa shape index (κ1) is 21.7. The van der Waals surface area contributed by atoms with Crippen LogP contribution in [0.2, 0.25) is 0 Å². The minimum atomic E-state index is -1.27. The van der Waals surface area contributed by atoms with Gasteiger partial charge in [-0.15, -0.1) is 0 Å². The number of carbonyl (C=O) groups excluding carboxylic acids is 3. The third-order valence-electron chi connectivity index (χ3n) is 8.31. The van der Waals surface area contributed by atoms with Gasteiger partial charge in [-0.2, -0.15) is 0 Å². The van der Waals surface area contributed by atoms with Crippen LogP contribution in [0, 0.1) is 35.8 Å². The zero-order valence-corrected chi connectivity index (χ0v) is 19.5. The van der Waals surface area contributed by atoms with E-state index in [2.05, 4.69) is 10.2 Å². The molecule has 4 heterocycles. The Morgan fingerprint density at radius 2 is 1.91 bits per heavy atom. The average molecular weight is 476 g/mol. The molecule has 0 saturated carbocycles. The van der Waals surface area contributed by atoms with Crippen LogP contribution >= 0.6 is 0 Å². The Balaban J connectivity index is 1.54. The highest BCUT2D eigenvalue weighted by molar-refractivity contribution is 6.26. The molecule has 4 aliphatic heterocycles. The van der Waals surface area contributed by atoms with Crippen LogP contribution in [0.15, 0.2) is 30.3 Å². The SMILES string of the molecule is COc1cc([N+](=O)[O-])ccc1N1C(=O)[C@H]2[C@@H](C1=O)[C@]1(C(=O)Nc3c1ccc(C)c3C)N1CCC[C@@H]21. The Hall–Kier alpha value is -3.79. The van der Waals surface area contributed by atoms with Gasteiger partial charge in [0, 0.05) is 23.4 Å².